The molecule has 1 aromatic carbocycles. The number of carbonyl (C=O) groups is 1. The zero-order valence-electron chi connectivity index (χ0n) is 20.6. The van der Waals surface area contributed by atoms with Gasteiger partial charge in [-0.2, -0.15) is 0 Å². The lowest BCUT2D eigenvalue weighted by molar-refractivity contribution is -0.124. The van der Waals surface area contributed by atoms with Gasteiger partial charge in [-0.1, -0.05) is 6.07 Å². The standard InChI is InChI=1S/C28H38N4O.ClH/c1-18-3-5-24-23(4-6-25(30-24)29-22-7-9-32(2)10-8-22)27(18)31-26(33)17-28-14-19-11-20(15-28)13-21(12-19)16-28;/h3-6,19-22H,7-17H2,1-2H3,(H,29,30)(H,31,33);1H. The third-order valence-electron chi connectivity index (χ3n) is 9.12. The summed E-state index contributed by atoms with van der Waals surface area (Å²) in [7, 11) is 2.19. The first-order chi connectivity index (χ1) is 15.9. The maximum Gasteiger partial charge on any atom is 0.224 e. The molecule has 34 heavy (non-hydrogen) atoms. The van der Waals surface area contributed by atoms with Crippen LogP contribution in [0.4, 0.5) is 11.5 Å². The van der Waals surface area contributed by atoms with Crippen LogP contribution in [0.3, 0.4) is 0 Å². The number of pyridine rings is 1. The van der Waals surface area contributed by atoms with E-state index in [1.165, 1.54) is 38.5 Å². The van der Waals surface area contributed by atoms with Crippen molar-refractivity contribution in [1.82, 2.24) is 9.88 Å². The number of anilines is 2. The number of rotatable bonds is 5. The second-order valence-electron chi connectivity index (χ2n) is 11.9. The molecule has 184 valence electrons. The average Bonchev–Trinajstić information content (AvgIpc) is 2.76. The van der Waals surface area contributed by atoms with Crippen LogP contribution in [0.5, 0.6) is 0 Å². The van der Waals surface area contributed by atoms with Crippen molar-refractivity contribution in [2.45, 2.75) is 70.8 Å². The normalized spacial score (nSPS) is 30.8. The number of piperidine rings is 1. The molecule has 4 aliphatic carbocycles. The summed E-state index contributed by atoms with van der Waals surface area (Å²) in [4.78, 5) is 20.6. The van der Waals surface area contributed by atoms with Gasteiger partial charge in [-0.05, 0) is 125 Å². The first-order valence-corrected chi connectivity index (χ1v) is 13.1. The first kappa shape index (κ1) is 23.9. The molecule has 0 unspecified atom stereocenters. The van der Waals surface area contributed by atoms with Gasteiger partial charge in [0.2, 0.25) is 5.91 Å². The minimum atomic E-state index is 0. The molecule has 0 spiro atoms. The number of hydrogen-bond donors (Lipinski definition) is 2. The van der Waals surface area contributed by atoms with E-state index >= 15 is 0 Å². The van der Waals surface area contributed by atoms with Crippen molar-refractivity contribution in [1.29, 1.82) is 0 Å². The molecule has 2 N–H and O–H groups in total. The van der Waals surface area contributed by atoms with Crippen LogP contribution >= 0.6 is 12.4 Å². The van der Waals surface area contributed by atoms with Crippen molar-refractivity contribution in [3.8, 4) is 0 Å². The second-order valence-corrected chi connectivity index (χ2v) is 11.9. The number of fused-ring (bicyclic) bond motifs is 1. The van der Waals surface area contributed by atoms with Crippen LogP contribution in [0.15, 0.2) is 24.3 Å². The van der Waals surface area contributed by atoms with E-state index in [9.17, 15) is 4.79 Å². The van der Waals surface area contributed by atoms with E-state index in [1.54, 1.807) is 0 Å². The first-order valence-electron chi connectivity index (χ1n) is 13.1. The summed E-state index contributed by atoms with van der Waals surface area (Å²) >= 11 is 0. The second kappa shape index (κ2) is 9.31. The molecule has 1 aromatic heterocycles. The largest absolute Gasteiger partial charge is 0.367 e. The number of halogens is 1. The zero-order valence-corrected chi connectivity index (χ0v) is 21.4. The predicted octanol–water partition coefficient (Wildman–Crippen LogP) is 6.02. The third-order valence-corrected chi connectivity index (χ3v) is 9.12. The van der Waals surface area contributed by atoms with E-state index in [-0.39, 0.29) is 23.7 Å². The van der Waals surface area contributed by atoms with Crippen molar-refractivity contribution >= 4 is 40.7 Å². The summed E-state index contributed by atoms with van der Waals surface area (Å²) in [6.07, 6.45) is 11.1. The maximum atomic E-state index is 13.3. The fraction of sp³-hybridized carbons (Fsp3) is 0.643. The Kier molecular flexibility index (Phi) is 6.54. The van der Waals surface area contributed by atoms with Gasteiger partial charge in [0, 0.05) is 17.8 Å². The lowest BCUT2D eigenvalue weighted by Gasteiger charge is -2.56. The van der Waals surface area contributed by atoms with Crippen molar-refractivity contribution < 1.29 is 4.79 Å². The molecule has 0 radical (unpaired) electrons. The van der Waals surface area contributed by atoms with Crippen LogP contribution < -0.4 is 10.6 Å². The molecule has 0 atom stereocenters. The molecule has 1 aliphatic heterocycles. The van der Waals surface area contributed by atoms with Crippen LogP contribution in [-0.4, -0.2) is 42.0 Å². The fourth-order valence-electron chi connectivity index (χ4n) is 7.95. The van der Waals surface area contributed by atoms with Gasteiger partial charge in [-0.3, -0.25) is 4.79 Å². The number of aromatic nitrogens is 1. The highest BCUT2D eigenvalue weighted by Crippen LogP contribution is 2.61. The van der Waals surface area contributed by atoms with Crippen molar-refractivity contribution in [2.75, 3.05) is 30.8 Å². The minimum Gasteiger partial charge on any atom is -0.367 e. The van der Waals surface area contributed by atoms with Gasteiger partial charge in [0.1, 0.15) is 5.82 Å². The number of aryl methyl sites for hydroxylation is 1. The molecule has 5 aliphatic rings. The Morgan fingerprint density at radius 2 is 1.68 bits per heavy atom. The van der Waals surface area contributed by atoms with E-state index in [4.69, 9.17) is 4.98 Å². The molecule has 4 bridgehead atoms. The van der Waals surface area contributed by atoms with Gasteiger partial charge in [0.25, 0.3) is 0 Å². The topological polar surface area (TPSA) is 57.3 Å². The predicted molar refractivity (Wildman–Crippen MR) is 142 cm³/mol. The number of amides is 1. The Bertz CT molecular complexity index is 1030. The van der Waals surface area contributed by atoms with Crippen LogP contribution in [-0.2, 0) is 4.79 Å². The number of likely N-dealkylation sites (tertiary alicyclic amines) is 1. The summed E-state index contributed by atoms with van der Waals surface area (Å²) in [5, 5.41) is 8.00. The van der Waals surface area contributed by atoms with E-state index in [0.717, 1.165) is 71.7 Å². The van der Waals surface area contributed by atoms with Crippen LogP contribution in [0.25, 0.3) is 10.9 Å². The fourth-order valence-corrected chi connectivity index (χ4v) is 7.95. The molecule has 2 aromatic rings. The number of benzene rings is 1. The molecule has 1 saturated heterocycles. The molecular formula is C28H39ClN4O. The maximum absolute atomic E-state index is 13.3. The molecule has 2 heterocycles. The average molecular weight is 483 g/mol. The molecule has 4 saturated carbocycles. The Hall–Kier alpha value is -1.85. The Balaban J connectivity index is 0.00000241. The molecule has 1 amide bonds. The zero-order chi connectivity index (χ0) is 22.6. The van der Waals surface area contributed by atoms with E-state index < -0.39 is 0 Å². The van der Waals surface area contributed by atoms with Gasteiger partial charge >= 0.3 is 0 Å². The number of hydrogen-bond acceptors (Lipinski definition) is 4. The van der Waals surface area contributed by atoms with E-state index in [2.05, 4.69) is 53.8 Å². The summed E-state index contributed by atoms with van der Waals surface area (Å²) in [5.74, 6) is 3.77. The minimum absolute atomic E-state index is 0. The third kappa shape index (κ3) is 4.66. The number of nitrogens with zero attached hydrogens (tertiary/aromatic N) is 2. The van der Waals surface area contributed by atoms with Gasteiger partial charge in [0.15, 0.2) is 0 Å². The Labute approximate surface area is 209 Å². The molecule has 7 rings (SSSR count). The van der Waals surface area contributed by atoms with E-state index in [1.807, 2.05) is 0 Å². The molecular weight excluding hydrogens is 444 g/mol. The van der Waals surface area contributed by atoms with E-state index in [0.29, 0.717) is 12.5 Å². The summed E-state index contributed by atoms with van der Waals surface area (Å²) in [6.45, 7) is 4.35. The van der Waals surface area contributed by atoms with Crippen LogP contribution in [0.2, 0.25) is 0 Å². The number of nitrogens with one attached hydrogen (secondary N) is 2. The molecule has 6 heteroatoms. The Morgan fingerprint density at radius 1 is 1.03 bits per heavy atom. The highest BCUT2D eigenvalue weighted by atomic mass is 35.5. The van der Waals surface area contributed by atoms with Gasteiger partial charge in [-0.15, -0.1) is 12.4 Å². The smallest absolute Gasteiger partial charge is 0.224 e. The Morgan fingerprint density at radius 3 is 2.32 bits per heavy atom. The highest BCUT2D eigenvalue weighted by molar-refractivity contribution is 6.02. The van der Waals surface area contributed by atoms with Crippen LogP contribution in [0, 0.1) is 30.1 Å². The highest BCUT2D eigenvalue weighted by Gasteiger charge is 2.51. The van der Waals surface area contributed by atoms with Gasteiger partial charge in [-0.25, -0.2) is 4.98 Å². The summed E-state index contributed by atoms with van der Waals surface area (Å²) in [5.41, 5.74) is 3.27. The van der Waals surface area contributed by atoms with Gasteiger partial charge in [0.05, 0.1) is 11.2 Å². The lowest BCUT2D eigenvalue weighted by Crippen LogP contribution is -2.47. The summed E-state index contributed by atoms with van der Waals surface area (Å²) in [6, 6.07) is 8.87. The van der Waals surface area contributed by atoms with Crippen molar-refractivity contribution in [2.24, 2.45) is 23.2 Å². The van der Waals surface area contributed by atoms with Crippen molar-refractivity contribution in [3.63, 3.8) is 0 Å². The van der Waals surface area contributed by atoms with Gasteiger partial charge < -0.3 is 15.5 Å². The quantitative estimate of drug-likeness (QED) is 0.547. The van der Waals surface area contributed by atoms with Crippen molar-refractivity contribution in [3.05, 3.63) is 29.8 Å². The lowest BCUT2D eigenvalue weighted by atomic mass is 9.49. The summed E-state index contributed by atoms with van der Waals surface area (Å²) < 4.78 is 0. The molecule has 5 fully saturated rings. The number of carbonyl (C=O) groups excluding carboxylic acids is 1. The monoisotopic (exact) mass is 482 g/mol. The SMILES string of the molecule is Cc1ccc2nc(NC3CCN(C)CC3)ccc2c1NC(=O)CC12CC3CC(CC(C3)C1)C2.Cl. The molecule has 5 nitrogen and oxygen atoms in total. The van der Waals surface area contributed by atoms with Crippen LogP contribution in [0.1, 0.15) is 63.4 Å².